The summed E-state index contributed by atoms with van der Waals surface area (Å²) in [6.07, 6.45) is -3.92. The molecular weight excluding hydrogens is 255 g/mol. The number of benzene rings is 1. The van der Waals surface area contributed by atoms with Gasteiger partial charge in [0, 0.05) is 0 Å². The summed E-state index contributed by atoms with van der Waals surface area (Å²) in [5.41, 5.74) is -0.917. The van der Waals surface area contributed by atoms with E-state index >= 15 is 0 Å². The number of carbonyl (C=O) groups is 1. The number of alkyl halides is 3. The molecule has 0 aliphatic rings. The quantitative estimate of drug-likeness (QED) is 0.476. The lowest BCUT2D eigenvalue weighted by Crippen LogP contribution is -2.17. The number of ether oxygens (including phenoxy) is 2. The minimum absolute atomic E-state index is 0.331. The van der Waals surface area contributed by atoms with Gasteiger partial charge in [0.1, 0.15) is 5.69 Å². The minimum Gasteiger partial charge on any atom is -0.465 e. The van der Waals surface area contributed by atoms with E-state index in [1.807, 2.05) is 0 Å². The lowest BCUT2D eigenvalue weighted by atomic mass is 10.1. The topological polar surface area (TPSA) is 65.0 Å². The Balaban J connectivity index is 3.34. The van der Waals surface area contributed by atoms with Gasteiger partial charge in [0.05, 0.1) is 12.7 Å². The lowest BCUT2D eigenvalue weighted by molar-refractivity contribution is -0.274. The van der Waals surface area contributed by atoms with Gasteiger partial charge in [-0.3, -0.25) is 0 Å². The van der Waals surface area contributed by atoms with Gasteiger partial charge < -0.3 is 9.47 Å². The first kappa shape index (κ1) is 13.7. The van der Waals surface area contributed by atoms with Gasteiger partial charge in [-0.15, -0.1) is 13.2 Å². The summed E-state index contributed by atoms with van der Waals surface area (Å²) in [5, 5.41) is 0. The van der Waals surface area contributed by atoms with Crippen molar-refractivity contribution < 1.29 is 32.2 Å². The Morgan fingerprint density at radius 1 is 1.39 bits per heavy atom. The molecule has 0 unspecified atom stereocenters. The number of esters is 1. The summed E-state index contributed by atoms with van der Waals surface area (Å²) in [4.78, 5) is 24.5. The number of isocyanates is 1. The number of para-hydroxylation sites is 1. The Hall–Kier alpha value is -2.34. The predicted octanol–water partition coefficient (Wildman–Crippen LogP) is 2.34. The monoisotopic (exact) mass is 261 g/mol. The van der Waals surface area contributed by atoms with Crippen LogP contribution < -0.4 is 4.74 Å². The van der Waals surface area contributed by atoms with E-state index in [1.54, 1.807) is 0 Å². The van der Waals surface area contributed by atoms with Crippen molar-refractivity contribution in [3.8, 4) is 5.75 Å². The van der Waals surface area contributed by atoms with Gasteiger partial charge in [0.25, 0.3) is 0 Å². The predicted molar refractivity (Wildman–Crippen MR) is 52.2 cm³/mol. The first-order valence-electron chi connectivity index (χ1n) is 4.44. The molecule has 18 heavy (non-hydrogen) atoms. The van der Waals surface area contributed by atoms with Crippen molar-refractivity contribution in [3.63, 3.8) is 0 Å². The first-order chi connectivity index (χ1) is 8.39. The Kier molecular flexibility index (Phi) is 4.06. The molecule has 0 N–H and O–H groups in total. The molecule has 8 heteroatoms. The largest absolute Gasteiger partial charge is 0.573 e. The van der Waals surface area contributed by atoms with Gasteiger partial charge in [0.15, 0.2) is 5.75 Å². The van der Waals surface area contributed by atoms with Crippen LogP contribution in [0.25, 0.3) is 0 Å². The number of carbonyl (C=O) groups excluding carboxylic acids is 2. The normalized spacial score (nSPS) is 10.4. The third-order valence-electron chi connectivity index (χ3n) is 1.79. The molecule has 0 saturated heterocycles. The summed E-state index contributed by atoms with van der Waals surface area (Å²) in [7, 11) is 1.04. The van der Waals surface area contributed by atoms with E-state index < -0.39 is 23.8 Å². The highest BCUT2D eigenvalue weighted by Gasteiger charge is 2.33. The van der Waals surface area contributed by atoms with Crippen LogP contribution in [0, 0.1) is 0 Å². The van der Waals surface area contributed by atoms with Crippen LogP contribution in [0.2, 0.25) is 0 Å². The second-order valence-electron chi connectivity index (χ2n) is 2.89. The summed E-state index contributed by atoms with van der Waals surface area (Å²) in [6.45, 7) is 0. The highest BCUT2D eigenvalue weighted by atomic mass is 19.4. The molecular formula is C10H6F3NO4. The van der Waals surface area contributed by atoms with Gasteiger partial charge in [-0.2, -0.15) is 4.99 Å². The fraction of sp³-hybridized carbons (Fsp3) is 0.200. The lowest BCUT2D eigenvalue weighted by Gasteiger charge is -2.12. The van der Waals surface area contributed by atoms with Gasteiger partial charge in [0.2, 0.25) is 6.08 Å². The van der Waals surface area contributed by atoms with Crippen LogP contribution in [-0.2, 0) is 9.53 Å². The van der Waals surface area contributed by atoms with E-state index in [9.17, 15) is 22.8 Å². The first-order valence-corrected chi connectivity index (χ1v) is 4.44. The zero-order valence-electron chi connectivity index (χ0n) is 8.95. The number of hydrogen-bond acceptors (Lipinski definition) is 5. The Labute approximate surface area is 98.8 Å². The summed E-state index contributed by atoms with van der Waals surface area (Å²) >= 11 is 0. The molecule has 5 nitrogen and oxygen atoms in total. The maximum atomic E-state index is 12.1. The summed E-state index contributed by atoms with van der Waals surface area (Å²) in [5.74, 6) is -1.73. The molecule has 0 radical (unpaired) electrons. The highest BCUT2D eigenvalue weighted by molar-refractivity contribution is 5.96. The van der Waals surface area contributed by atoms with Crippen LogP contribution in [0.3, 0.4) is 0 Å². The average molecular weight is 261 g/mol. The maximum absolute atomic E-state index is 12.1. The Morgan fingerprint density at radius 3 is 2.56 bits per heavy atom. The van der Waals surface area contributed by atoms with Crippen molar-refractivity contribution in [1.82, 2.24) is 0 Å². The molecule has 1 rings (SSSR count). The van der Waals surface area contributed by atoms with Gasteiger partial charge >= 0.3 is 12.3 Å². The SMILES string of the molecule is COC(=O)c1cccc(OC(F)(F)F)c1N=C=O. The fourth-order valence-electron chi connectivity index (χ4n) is 1.17. The van der Waals surface area contributed by atoms with Gasteiger partial charge in [-0.05, 0) is 12.1 Å². The smallest absolute Gasteiger partial charge is 0.465 e. The molecule has 0 amide bonds. The van der Waals surface area contributed by atoms with Crippen LogP contribution in [0.1, 0.15) is 10.4 Å². The number of methoxy groups -OCH3 is 1. The van der Waals surface area contributed by atoms with Crippen LogP contribution in [0.5, 0.6) is 5.75 Å². The zero-order valence-corrected chi connectivity index (χ0v) is 8.95. The van der Waals surface area contributed by atoms with Crippen molar-refractivity contribution in [2.24, 2.45) is 4.99 Å². The van der Waals surface area contributed by atoms with Crippen molar-refractivity contribution in [2.75, 3.05) is 7.11 Å². The third-order valence-corrected chi connectivity index (χ3v) is 1.79. The second kappa shape index (κ2) is 5.33. The number of nitrogens with zero attached hydrogens (tertiary/aromatic N) is 1. The number of rotatable bonds is 3. The second-order valence-corrected chi connectivity index (χ2v) is 2.89. The number of aliphatic imine (C=N–C) groups is 1. The van der Waals surface area contributed by atoms with E-state index in [1.165, 1.54) is 0 Å². The maximum Gasteiger partial charge on any atom is 0.573 e. The molecule has 0 aliphatic carbocycles. The van der Waals surface area contributed by atoms with E-state index in [2.05, 4.69) is 14.5 Å². The minimum atomic E-state index is -4.97. The van der Waals surface area contributed by atoms with E-state index in [4.69, 9.17) is 0 Å². The Morgan fingerprint density at radius 2 is 2.06 bits per heavy atom. The highest BCUT2D eigenvalue weighted by Crippen LogP contribution is 2.35. The van der Waals surface area contributed by atoms with Gasteiger partial charge in [-0.25, -0.2) is 9.59 Å². The fourth-order valence-corrected chi connectivity index (χ4v) is 1.17. The van der Waals surface area contributed by atoms with Crippen molar-refractivity contribution in [1.29, 1.82) is 0 Å². The van der Waals surface area contributed by atoms with Crippen molar-refractivity contribution in [3.05, 3.63) is 23.8 Å². The standard InChI is InChI=1S/C10H6F3NO4/c1-17-9(16)6-3-2-4-7(8(6)14-5-15)18-10(11,12)13/h2-4H,1H3. The molecule has 96 valence electrons. The molecule has 0 aromatic heterocycles. The van der Waals surface area contributed by atoms with Crippen LogP contribution in [0.15, 0.2) is 23.2 Å². The van der Waals surface area contributed by atoms with Crippen LogP contribution in [0.4, 0.5) is 18.9 Å². The summed E-state index contributed by atoms with van der Waals surface area (Å²) in [6, 6.07) is 3.19. The molecule has 1 aromatic rings. The molecule has 0 atom stereocenters. The zero-order chi connectivity index (χ0) is 13.8. The third kappa shape index (κ3) is 3.33. The van der Waals surface area contributed by atoms with Crippen molar-refractivity contribution in [2.45, 2.75) is 6.36 Å². The van der Waals surface area contributed by atoms with Crippen LogP contribution >= 0.6 is 0 Å². The molecule has 0 aliphatic heterocycles. The van der Waals surface area contributed by atoms with E-state index in [-0.39, 0.29) is 5.56 Å². The van der Waals surface area contributed by atoms with Crippen molar-refractivity contribution >= 4 is 17.7 Å². The molecule has 0 bridgehead atoms. The molecule has 0 saturated carbocycles. The van der Waals surface area contributed by atoms with Crippen LogP contribution in [-0.4, -0.2) is 25.5 Å². The van der Waals surface area contributed by atoms with E-state index in [0.29, 0.717) is 0 Å². The molecule has 1 aromatic carbocycles. The average Bonchev–Trinajstić information content (AvgIpc) is 2.28. The molecule has 0 spiro atoms. The number of hydrogen-bond donors (Lipinski definition) is 0. The summed E-state index contributed by atoms with van der Waals surface area (Å²) < 4.78 is 44.3. The molecule has 0 fully saturated rings. The number of halogens is 3. The Bertz CT molecular complexity index is 506. The molecule has 0 heterocycles. The van der Waals surface area contributed by atoms with Gasteiger partial charge in [-0.1, -0.05) is 6.07 Å². The van der Waals surface area contributed by atoms with E-state index in [0.717, 1.165) is 31.4 Å².